The highest BCUT2D eigenvalue weighted by Gasteiger charge is 2.21. The first kappa shape index (κ1) is 20.1. The van der Waals surface area contributed by atoms with Gasteiger partial charge in [-0.25, -0.2) is 15.0 Å². The fourth-order valence-electron chi connectivity index (χ4n) is 4.02. The van der Waals surface area contributed by atoms with E-state index in [1.54, 1.807) is 6.20 Å². The first-order chi connectivity index (χ1) is 15.2. The van der Waals surface area contributed by atoms with E-state index in [1.165, 1.54) is 18.4 Å². The van der Waals surface area contributed by atoms with Gasteiger partial charge in [0, 0.05) is 61.1 Å². The van der Waals surface area contributed by atoms with Crippen molar-refractivity contribution in [2.45, 2.75) is 38.8 Å². The zero-order chi connectivity index (χ0) is 21.0. The average molecular weight is 434 g/mol. The molecule has 31 heavy (non-hydrogen) atoms. The summed E-state index contributed by atoms with van der Waals surface area (Å²) in [6, 6.07) is 11.3. The molecule has 0 bridgehead atoms. The third-order valence-corrected chi connectivity index (χ3v) is 5.92. The van der Waals surface area contributed by atoms with Gasteiger partial charge in [0.2, 0.25) is 5.88 Å². The molecule has 0 saturated carbocycles. The maximum Gasteiger partial charge on any atom is 0.223 e. The van der Waals surface area contributed by atoms with Crippen LogP contribution in [0.1, 0.15) is 41.9 Å². The summed E-state index contributed by atoms with van der Waals surface area (Å²) in [5, 5.41) is 0.682. The molecule has 0 amide bonds. The summed E-state index contributed by atoms with van der Waals surface area (Å²) in [5.41, 5.74) is 4.46. The molecule has 4 heterocycles. The molecule has 2 aromatic heterocycles. The molecule has 0 N–H and O–H groups in total. The second-order valence-corrected chi connectivity index (χ2v) is 8.37. The molecule has 2 aliphatic rings. The van der Waals surface area contributed by atoms with Crippen molar-refractivity contribution in [2.24, 2.45) is 4.99 Å². The SMILES string of the molecule is Clc1ccc(Oc2ncccc2CN2CCc3nc(C4=NCCCC4)ncc3C2)cc1. The van der Waals surface area contributed by atoms with Crippen molar-refractivity contribution in [1.82, 2.24) is 19.9 Å². The van der Waals surface area contributed by atoms with Crippen molar-refractivity contribution in [2.75, 3.05) is 13.1 Å². The number of aliphatic imine (C=N–C) groups is 1. The third kappa shape index (κ3) is 4.75. The summed E-state index contributed by atoms with van der Waals surface area (Å²) in [7, 11) is 0. The standard InChI is InChI=1S/C24H24ClN5O/c25-19-6-8-20(9-7-19)31-24-17(4-3-12-27-24)15-30-13-10-21-18(16-30)14-28-23(29-21)22-5-1-2-11-26-22/h3-4,6-9,12,14H,1-2,5,10-11,13,15-16H2. The number of aromatic nitrogens is 3. The van der Waals surface area contributed by atoms with Gasteiger partial charge in [-0.1, -0.05) is 17.7 Å². The number of benzene rings is 1. The van der Waals surface area contributed by atoms with Crippen LogP contribution in [-0.4, -0.2) is 38.7 Å². The third-order valence-electron chi connectivity index (χ3n) is 5.67. The Morgan fingerprint density at radius 1 is 1.03 bits per heavy atom. The fourth-order valence-corrected chi connectivity index (χ4v) is 4.15. The number of halogens is 1. The molecule has 0 radical (unpaired) electrons. The topological polar surface area (TPSA) is 63.5 Å². The predicted molar refractivity (Wildman–Crippen MR) is 121 cm³/mol. The van der Waals surface area contributed by atoms with E-state index in [-0.39, 0.29) is 0 Å². The number of hydrogen-bond acceptors (Lipinski definition) is 6. The van der Waals surface area contributed by atoms with Crippen molar-refractivity contribution in [3.63, 3.8) is 0 Å². The lowest BCUT2D eigenvalue weighted by Gasteiger charge is -2.28. The Hall–Kier alpha value is -2.83. The second kappa shape index (κ2) is 9.12. The number of hydrogen-bond donors (Lipinski definition) is 0. The van der Waals surface area contributed by atoms with E-state index in [4.69, 9.17) is 21.3 Å². The van der Waals surface area contributed by atoms with E-state index in [2.05, 4.69) is 25.9 Å². The van der Waals surface area contributed by atoms with Crippen LogP contribution in [0, 0.1) is 0 Å². The van der Waals surface area contributed by atoms with Gasteiger partial charge in [0.1, 0.15) is 5.75 Å². The van der Waals surface area contributed by atoms with E-state index in [9.17, 15) is 0 Å². The quantitative estimate of drug-likeness (QED) is 0.575. The summed E-state index contributed by atoms with van der Waals surface area (Å²) >= 11 is 5.98. The van der Waals surface area contributed by atoms with Gasteiger partial charge in [-0.3, -0.25) is 9.89 Å². The molecule has 2 aliphatic heterocycles. The van der Waals surface area contributed by atoms with Gasteiger partial charge in [0.15, 0.2) is 5.82 Å². The summed E-state index contributed by atoms with van der Waals surface area (Å²) in [4.78, 5) is 20.9. The van der Waals surface area contributed by atoms with E-state index in [0.29, 0.717) is 10.9 Å². The van der Waals surface area contributed by atoms with Crippen LogP contribution < -0.4 is 4.74 Å². The van der Waals surface area contributed by atoms with Crippen LogP contribution in [0.15, 0.2) is 53.8 Å². The highest BCUT2D eigenvalue weighted by atomic mass is 35.5. The average Bonchev–Trinajstić information content (AvgIpc) is 2.82. The molecule has 0 unspecified atom stereocenters. The molecule has 6 nitrogen and oxygen atoms in total. The van der Waals surface area contributed by atoms with Gasteiger partial charge in [0.05, 0.1) is 11.4 Å². The summed E-state index contributed by atoms with van der Waals surface area (Å²) in [5.74, 6) is 2.16. The smallest absolute Gasteiger partial charge is 0.223 e. The van der Waals surface area contributed by atoms with Gasteiger partial charge < -0.3 is 4.74 Å². The Morgan fingerprint density at radius 2 is 1.94 bits per heavy atom. The number of ether oxygens (including phenoxy) is 1. The molecule has 158 valence electrons. The maximum absolute atomic E-state index is 6.02. The molecule has 5 rings (SSSR count). The van der Waals surface area contributed by atoms with Gasteiger partial charge in [-0.2, -0.15) is 0 Å². The number of rotatable bonds is 5. The van der Waals surface area contributed by atoms with E-state index < -0.39 is 0 Å². The van der Waals surface area contributed by atoms with E-state index in [0.717, 1.165) is 67.6 Å². The van der Waals surface area contributed by atoms with Crippen molar-refractivity contribution < 1.29 is 4.74 Å². The van der Waals surface area contributed by atoms with Crippen LogP contribution in [0.3, 0.4) is 0 Å². The minimum Gasteiger partial charge on any atom is -0.439 e. The van der Waals surface area contributed by atoms with Crippen molar-refractivity contribution in [3.05, 3.63) is 76.5 Å². The minimum absolute atomic E-state index is 0.623. The Kier molecular flexibility index (Phi) is 5.91. The summed E-state index contributed by atoms with van der Waals surface area (Å²) in [6.45, 7) is 3.41. The lowest BCUT2D eigenvalue weighted by Crippen LogP contribution is -2.31. The predicted octanol–water partition coefficient (Wildman–Crippen LogP) is 4.85. The van der Waals surface area contributed by atoms with Gasteiger partial charge in [-0.05, 0) is 49.6 Å². The normalized spacial score (nSPS) is 16.5. The Labute approximate surface area is 187 Å². The minimum atomic E-state index is 0.623. The molecule has 1 aromatic carbocycles. The summed E-state index contributed by atoms with van der Waals surface area (Å²) < 4.78 is 6.02. The van der Waals surface area contributed by atoms with Crippen LogP contribution in [-0.2, 0) is 19.5 Å². The molecule has 0 spiro atoms. The molecular weight excluding hydrogens is 410 g/mol. The van der Waals surface area contributed by atoms with Crippen LogP contribution in [0.25, 0.3) is 0 Å². The van der Waals surface area contributed by atoms with Gasteiger partial charge >= 0.3 is 0 Å². The van der Waals surface area contributed by atoms with Crippen molar-refractivity contribution in [1.29, 1.82) is 0 Å². The van der Waals surface area contributed by atoms with Crippen LogP contribution in [0.5, 0.6) is 11.6 Å². The van der Waals surface area contributed by atoms with E-state index in [1.807, 2.05) is 36.5 Å². The zero-order valence-electron chi connectivity index (χ0n) is 17.3. The molecular formula is C24H24ClN5O. The van der Waals surface area contributed by atoms with Crippen LogP contribution in [0.2, 0.25) is 5.02 Å². The lowest BCUT2D eigenvalue weighted by atomic mass is 10.0. The van der Waals surface area contributed by atoms with Gasteiger partial charge in [-0.15, -0.1) is 0 Å². The lowest BCUT2D eigenvalue weighted by molar-refractivity contribution is 0.239. The molecule has 7 heteroatoms. The largest absolute Gasteiger partial charge is 0.439 e. The molecule has 0 aliphatic carbocycles. The highest BCUT2D eigenvalue weighted by Crippen LogP contribution is 2.27. The highest BCUT2D eigenvalue weighted by molar-refractivity contribution is 6.30. The number of fused-ring (bicyclic) bond motifs is 1. The van der Waals surface area contributed by atoms with Crippen molar-refractivity contribution in [3.8, 4) is 11.6 Å². The van der Waals surface area contributed by atoms with Gasteiger partial charge in [0.25, 0.3) is 0 Å². The monoisotopic (exact) mass is 433 g/mol. The Bertz CT molecular complexity index is 1100. The van der Waals surface area contributed by atoms with Crippen LogP contribution in [0.4, 0.5) is 0 Å². The molecule has 3 aromatic rings. The van der Waals surface area contributed by atoms with E-state index >= 15 is 0 Å². The first-order valence-electron chi connectivity index (χ1n) is 10.7. The first-order valence-corrected chi connectivity index (χ1v) is 11.1. The number of pyridine rings is 1. The molecule has 0 atom stereocenters. The summed E-state index contributed by atoms with van der Waals surface area (Å²) in [6.07, 6.45) is 7.98. The maximum atomic E-state index is 6.02. The number of nitrogens with zero attached hydrogens (tertiary/aromatic N) is 5. The molecule has 0 saturated heterocycles. The Balaban J connectivity index is 1.29. The van der Waals surface area contributed by atoms with Crippen LogP contribution >= 0.6 is 11.6 Å². The molecule has 0 fully saturated rings. The second-order valence-electron chi connectivity index (χ2n) is 7.94. The fraction of sp³-hybridized carbons (Fsp3) is 0.333. The zero-order valence-corrected chi connectivity index (χ0v) is 18.1. The van der Waals surface area contributed by atoms with Crippen molar-refractivity contribution >= 4 is 17.3 Å². The Morgan fingerprint density at radius 3 is 2.77 bits per heavy atom.